The molecule has 0 atom stereocenters. The maximum atomic E-state index is 14.0. The van der Waals surface area contributed by atoms with Gasteiger partial charge in [-0.3, -0.25) is 0 Å². The molecule has 1 N–H and O–H groups in total. The normalized spacial score (nSPS) is 11.2. The number of hydrogen-bond donors (Lipinski definition) is 1. The molecular formula is C17H17FN2O. The second kappa shape index (κ2) is 5.20. The summed E-state index contributed by atoms with van der Waals surface area (Å²) >= 11 is 0. The first-order chi connectivity index (χ1) is 10.1. The second-order valence-corrected chi connectivity index (χ2v) is 5.19. The highest BCUT2D eigenvalue weighted by Gasteiger charge is 2.16. The Hall–Kier alpha value is -2.36. The first-order valence-electron chi connectivity index (χ1n) is 7.06. The SMILES string of the molecule is CCCn1c(-c2ccc(O)cc2C)nc2c(F)cccc21. The Kier molecular flexibility index (Phi) is 3.37. The van der Waals surface area contributed by atoms with Crippen LogP contribution >= 0.6 is 0 Å². The Labute approximate surface area is 122 Å². The minimum absolute atomic E-state index is 0.223. The molecule has 0 bridgehead atoms. The van der Waals surface area contributed by atoms with E-state index in [2.05, 4.69) is 11.9 Å². The van der Waals surface area contributed by atoms with Crippen LogP contribution in [0.15, 0.2) is 36.4 Å². The van der Waals surface area contributed by atoms with Gasteiger partial charge in [-0.25, -0.2) is 9.37 Å². The summed E-state index contributed by atoms with van der Waals surface area (Å²) in [5, 5.41) is 9.55. The lowest BCUT2D eigenvalue weighted by Gasteiger charge is -2.10. The lowest BCUT2D eigenvalue weighted by Crippen LogP contribution is -2.00. The monoisotopic (exact) mass is 284 g/mol. The molecule has 3 nitrogen and oxygen atoms in total. The van der Waals surface area contributed by atoms with E-state index < -0.39 is 0 Å². The van der Waals surface area contributed by atoms with E-state index in [1.165, 1.54) is 6.07 Å². The van der Waals surface area contributed by atoms with Crippen LogP contribution < -0.4 is 0 Å². The van der Waals surface area contributed by atoms with E-state index in [0.717, 1.165) is 35.4 Å². The second-order valence-electron chi connectivity index (χ2n) is 5.19. The van der Waals surface area contributed by atoms with Crippen LogP contribution in [0.5, 0.6) is 5.75 Å². The van der Waals surface area contributed by atoms with E-state index in [4.69, 9.17) is 0 Å². The van der Waals surface area contributed by atoms with Gasteiger partial charge in [-0.2, -0.15) is 0 Å². The number of aryl methyl sites for hydroxylation is 2. The highest BCUT2D eigenvalue weighted by molar-refractivity contribution is 5.82. The Balaban J connectivity index is 2.30. The van der Waals surface area contributed by atoms with Gasteiger partial charge in [-0.1, -0.05) is 13.0 Å². The summed E-state index contributed by atoms with van der Waals surface area (Å²) in [5.74, 6) is 0.662. The summed E-state index contributed by atoms with van der Waals surface area (Å²) in [6, 6.07) is 10.2. The fourth-order valence-corrected chi connectivity index (χ4v) is 2.67. The minimum Gasteiger partial charge on any atom is -0.508 e. The number of phenolic OH excluding ortho intramolecular Hbond substituents is 1. The van der Waals surface area contributed by atoms with E-state index in [-0.39, 0.29) is 11.6 Å². The summed E-state index contributed by atoms with van der Waals surface area (Å²) in [6.07, 6.45) is 0.937. The van der Waals surface area contributed by atoms with Gasteiger partial charge in [0.1, 0.15) is 17.1 Å². The average Bonchev–Trinajstić information content (AvgIpc) is 2.80. The number of aromatic nitrogens is 2. The van der Waals surface area contributed by atoms with E-state index in [9.17, 15) is 9.50 Å². The zero-order valence-corrected chi connectivity index (χ0v) is 12.1. The molecule has 0 aliphatic rings. The van der Waals surface area contributed by atoms with Crippen molar-refractivity contribution < 1.29 is 9.50 Å². The van der Waals surface area contributed by atoms with E-state index in [1.807, 2.05) is 23.6 Å². The maximum absolute atomic E-state index is 14.0. The molecule has 0 aliphatic heterocycles. The largest absolute Gasteiger partial charge is 0.508 e. The van der Waals surface area contributed by atoms with E-state index in [0.29, 0.717) is 5.52 Å². The lowest BCUT2D eigenvalue weighted by molar-refractivity contribution is 0.475. The first kappa shape index (κ1) is 13.6. The van der Waals surface area contributed by atoms with Crippen molar-refractivity contribution in [2.75, 3.05) is 0 Å². The van der Waals surface area contributed by atoms with Crippen molar-refractivity contribution in [3.05, 3.63) is 47.8 Å². The van der Waals surface area contributed by atoms with Gasteiger partial charge in [-0.05, 0) is 49.2 Å². The molecule has 0 amide bonds. The highest BCUT2D eigenvalue weighted by Crippen LogP contribution is 2.30. The summed E-state index contributed by atoms with van der Waals surface area (Å²) < 4.78 is 16.0. The van der Waals surface area contributed by atoms with Crippen molar-refractivity contribution in [2.24, 2.45) is 0 Å². The fourth-order valence-electron chi connectivity index (χ4n) is 2.67. The van der Waals surface area contributed by atoms with Gasteiger partial charge >= 0.3 is 0 Å². The Morgan fingerprint density at radius 1 is 1.24 bits per heavy atom. The van der Waals surface area contributed by atoms with E-state index >= 15 is 0 Å². The van der Waals surface area contributed by atoms with Crippen LogP contribution in [-0.2, 0) is 6.54 Å². The predicted octanol–water partition coefficient (Wildman–Crippen LogP) is 4.27. The molecule has 108 valence electrons. The molecule has 2 aromatic carbocycles. The van der Waals surface area contributed by atoms with Crippen LogP contribution in [0.1, 0.15) is 18.9 Å². The molecule has 0 radical (unpaired) electrons. The highest BCUT2D eigenvalue weighted by atomic mass is 19.1. The molecule has 0 aliphatic carbocycles. The number of fused-ring (bicyclic) bond motifs is 1. The number of aromatic hydroxyl groups is 1. The molecule has 0 saturated heterocycles. The molecule has 0 spiro atoms. The summed E-state index contributed by atoms with van der Waals surface area (Å²) in [5.41, 5.74) is 3.03. The Morgan fingerprint density at radius 2 is 2.05 bits per heavy atom. The van der Waals surface area contributed by atoms with E-state index in [1.54, 1.807) is 18.2 Å². The smallest absolute Gasteiger partial charge is 0.151 e. The van der Waals surface area contributed by atoms with Crippen molar-refractivity contribution in [3.63, 3.8) is 0 Å². The number of rotatable bonds is 3. The fraction of sp³-hybridized carbons (Fsp3) is 0.235. The van der Waals surface area contributed by atoms with Gasteiger partial charge in [0, 0.05) is 12.1 Å². The minimum atomic E-state index is -0.306. The van der Waals surface area contributed by atoms with Crippen molar-refractivity contribution in [2.45, 2.75) is 26.8 Å². The standard InChI is InChI=1S/C17H17FN2O/c1-3-9-20-15-6-4-5-14(18)16(15)19-17(20)13-8-7-12(21)10-11(13)2/h4-8,10,21H,3,9H2,1-2H3. The van der Waals surface area contributed by atoms with Gasteiger partial charge < -0.3 is 9.67 Å². The van der Waals surface area contributed by atoms with Gasteiger partial charge in [0.25, 0.3) is 0 Å². The molecule has 0 fully saturated rings. The van der Waals surface area contributed by atoms with Gasteiger partial charge in [-0.15, -0.1) is 0 Å². The molecule has 1 heterocycles. The summed E-state index contributed by atoms with van der Waals surface area (Å²) in [4.78, 5) is 4.50. The van der Waals surface area contributed by atoms with Gasteiger partial charge in [0.15, 0.2) is 5.82 Å². The van der Waals surface area contributed by atoms with Crippen LogP contribution in [0.25, 0.3) is 22.4 Å². The molecule has 0 saturated carbocycles. The molecule has 3 aromatic rings. The number of phenols is 1. The third-order valence-corrected chi connectivity index (χ3v) is 3.63. The van der Waals surface area contributed by atoms with Crippen molar-refractivity contribution >= 4 is 11.0 Å². The lowest BCUT2D eigenvalue weighted by atomic mass is 10.1. The van der Waals surface area contributed by atoms with Gasteiger partial charge in [0.05, 0.1) is 5.52 Å². The maximum Gasteiger partial charge on any atom is 0.151 e. The molecule has 4 heteroatoms. The third-order valence-electron chi connectivity index (χ3n) is 3.63. The number of hydrogen-bond acceptors (Lipinski definition) is 2. The molecule has 21 heavy (non-hydrogen) atoms. The van der Waals surface area contributed by atoms with Crippen molar-refractivity contribution in [3.8, 4) is 17.1 Å². The Bertz CT molecular complexity index is 808. The van der Waals surface area contributed by atoms with Crippen LogP contribution in [-0.4, -0.2) is 14.7 Å². The van der Waals surface area contributed by atoms with Crippen molar-refractivity contribution in [1.29, 1.82) is 0 Å². The van der Waals surface area contributed by atoms with Crippen molar-refractivity contribution in [1.82, 2.24) is 9.55 Å². The molecule has 0 unspecified atom stereocenters. The third kappa shape index (κ3) is 2.27. The average molecular weight is 284 g/mol. The number of para-hydroxylation sites is 1. The Morgan fingerprint density at radius 3 is 2.76 bits per heavy atom. The van der Waals surface area contributed by atoms with Crippen LogP contribution in [0.4, 0.5) is 4.39 Å². The number of imidazole rings is 1. The molecule has 3 rings (SSSR count). The zero-order chi connectivity index (χ0) is 15.0. The topological polar surface area (TPSA) is 38.0 Å². The van der Waals surface area contributed by atoms with Crippen LogP contribution in [0.2, 0.25) is 0 Å². The first-order valence-corrected chi connectivity index (χ1v) is 7.06. The quantitative estimate of drug-likeness (QED) is 0.780. The number of benzene rings is 2. The molecular weight excluding hydrogens is 267 g/mol. The van der Waals surface area contributed by atoms with Crippen LogP contribution in [0, 0.1) is 12.7 Å². The number of halogens is 1. The molecule has 1 aromatic heterocycles. The summed E-state index contributed by atoms with van der Waals surface area (Å²) in [7, 11) is 0. The van der Waals surface area contributed by atoms with Gasteiger partial charge in [0.2, 0.25) is 0 Å². The number of nitrogens with zero attached hydrogens (tertiary/aromatic N) is 2. The summed E-state index contributed by atoms with van der Waals surface area (Å²) in [6.45, 7) is 4.77. The zero-order valence-electron chi connectivity index (χ0n) is 12.1. The predicted molar refractivity (Wildman–Crippen MR) is 81.8 cm³/mol. The van der Waals surface area contributed by atoms with Crippen LogP contribution in [0.3, 0.4) is 0 Å².